The molecular formula is C21H22N6O. The van der Waals surface area contributed by atoms with E-state index >= 15 is 0 Å². The molecule has 1 atom stereocenters. The number of amides is 1. The Labute approximate surface area is 163 Å². The summed E-state index contributed by atoms with van der Waals surface area (Å²) in [6, 6.07) is 11.6. The molecule has 1 aliphatic rings. The summed E-state index contributed by atoms with van der Waals surface area (Å²) < 4.78 is 0. The maximum atomic E-state index is 12.7. The smallest absolute Gasteiger partial charge is 0.291 e. The maximum absolute atomic E-state index is 12.7. The number of hydrogen-bond acceptors (Lipinski definition) is 6. The second-order valence-corrected chi connectivity index (χ2v) is 6.93. The van der Waals surface area contributed by atoms with Crippen LogP contribution in [0.4, 0.5) is 11.6 Å². The lowest BCUT2D eigenvalue weighted by Crippen LogP contribution is -2.39. The van der Waals surface area contributed by atoms with E-state index in [-0.39, 0.29) is 17.6 Å². The highest BCUT2D eigenvalue weighted by Crippen LogP contribution is 2.29. The summed E-state index contributed by atoms with van der Waals surface area (Å²) >= 11 is 0. The summed E-state index contributed by atoms with van der Waals surface area (Å²) in [6.45, 7) is 3.35. The van der Waals surface area contributed by atoms with Crippen molar-refractivity contribution in [3.63, 3.8) is 0 Å². The second-order valence-electron chi connectivity index (χ2n) is 6.93. The largest absolute Gasteiger partial charge is 0.335 e. The molecule has 4 rings (SSSR count). The first-order valence-corrected chi connectivity index (χ1v) is 9.42. The van der Waals surface area contributed by atoms with E-state index in [9.17, 15) is 4.79 Å². The van der Waals surface area contributed by atoms with Crippen LogP contribution in [0.2, 0.25) is 0 Å². The average Bonchev–Trinajstić information content (AvgIpc) is 2.74. The summed E-state index contributed by atoms with van der Waals surface area (Å²) in [5, 5.41) is 3.26. The zero-order chi connectivity index (χ0) is 19.3. The van der Waals surface area contributed by atoms with Crippen molar-refractivity contribution in [3.05, 3.63) is 72.1 Å². The number of likely N-dealkylation sites (tertiary alicyclic amines) is 1. The van der Waals surface area contributed by atoms with Gasteiger partial charge in [0.2, 0.25) is 5.82 Å². The zero-order valence-electron chi connectivity index (χ0n) is 15.7. The quantitative estimate of drug-likeness (QED) is 0.754. The highest BCUT2D eigenvalue weighted by molar-refractivity contribution is 5.90. The topological polar surface area (TPSA) is 83.9 Å². The van der Waals surface area contributed by atoms with E-state index in [2.05, 4.69) is 25.3 Å². The van der Waals surface area contributed by atoms with Crippen molar-refractivity contribution in [1.29, 1.82) is 0 Å². The van der Waals surface area contributed by atoms with E-state index in [0.717, 1.165) is 42.3 Å². The number of pyridine rings is 2. The molecule has 28 heavy (non-hydrogen) atoms. The molecule has 0 aliphatic carbocycles. The van der Waals surface area contributed by atoms with Crippen molar-refractivity contribution in [2.75, 3.05) is 18.4 Å². The molecule has 4 heterocycles. The van der Waals surface area contributed by atoms with Crippen LogP contribution in [0.1, 0.15) is 40.6 Å². The molecule has 0 aromatic carbocycles. The predicted molar refractivity (Wildman–Crippen MR) is 106 cm³/mol. The molecule has 0 radical (unpaired) electrons. The lowest BCUT2D eigenvalue weighted by Gasteiger charge is -2.32. The Bertz CT molecular complexity index is 962. The third-order valence-corrected chi connectivity index (χ3v) is 4.87. The molecule has 142 valence electrons. The van der Waals surface area contributed by atoms with E-state index in [0.29, 0.717) is 6.54 Å². The summed E-state index contributed by atoms with van der Waals surface area (Å²) in [7, 11) is 0. The highest BCUT2D eigenvalue weighted by atomic mass is 16.2. The van der Waals surface area contributed by atoms with Crippen LogP contribution in [-0.4, -0.2) is 43.8 Å². The van der Waals surface area contributed by atoms with Crippen molar-refractivity contribution in [1.82, 2.24) is 24.8 Å². The highest BCUT2D eigenvalue weighted by Gasteiger charge is 2.27. The van der Waals surface area contributed by atoms with Gasteiger partial charge < -0.3 is 10.2 Å². The zero-order valence-corrected chi connectivity index (χ0v) is 15.7. The number of rotatable bonds is 4. The number of carbonyl (C=O) groups is 1. The molecule has 7 heteroatoms. The first-order valence-electron chi connectivity index (χ1n) is 9.42. The Morgan fingerprint density at radius 3 is 2.75 bits per heavy atom. The number of anilines is 2. The molecule has 1 unspecified atom stereocenters. The Kier molecular flexibility index (Phi) is 5.23. The molecule has 1 N–H and O–H groups in total. The standard InChI is InChI=1S/C21H22N6O/c1-15-5-2-7-18(25-15)26-19-13-16(8-11-22-19)17-6-3-12-27(14-17)21(28)20-23-9-4-10-24-20/h2,4-5,7-11,13,17H,3,6,12,14H2,1H3,(H,22,25,26). The summed E-state index contributed by atoms with van der Waals surface area (Å²) in [4.78, 5) is 31.6. The van der Waals surface area contributed by atoms with Gasteiger partial charge in [-0.1, -0.05) is 6.07 Å². The van der Waals surface area contributed by atoms with E-state index in [1.165, 1.54) is 0 Å². The van der Waals surface area contributed by atoms with Crippen LogP contribution in [-0.2, 0) is 0 Å². The van der Waals surface area contributed by atoms with Gasteiger partial charge in [-0.15, -0.1) is 0 Å². The molecule has 7 nitrogen and oxygen atoms in total. The van der Waals surface area contributed by atoms with Crippen LogP contribution >= 0.6 is 0 Å². The number of piperidine rings is 1. The molecule has 3 aromatic heterocycles. The fourth-order valence-electron chi connectivity index (χ4n) is 3.50. The molecule has 3 aromatic rings. The lowest BCUT2D eigenvalue weighted by atomic mass is 9.91. The van der Waals surface area contributed by atoms with Gasteiger partial charge in [-0.2, -0.15) is 0 Å². The monoisotopic (exact) mass is 374 g/mol. The minimum atomic E-state index is -0.110. The van der Waals surface area contributed by atoms with Gasteiger partial charge in [0, 0.05) is 43.3 Å². The molecule has 1 aliphatic heterocycles. The van der Waals surface area contributed by atoms with Crippen molar-refractivity contribution >= 4 is 17.5 Å². The van der Waals surface area contributed by atoms with Crippen molar-refractivity contribution in [2.45, 2.75) is 25.7 Å². The fraction of sp³-hybridized carbons (Fsp3) is 0.286. The summed E-state index contributed by atoms with van der Waals surface area (Å²) in [5.74, 6) is 1.93. The molecule has 0 spiro atoms. The van der Waals surface area contributed by atoms with Crippen LogP contribution in [0.3, 0.4) is 0 Å². The SMILES string of the molecule is Cc1cccc(Nc2cc(C3CCCN(C(=O)c4ncccn4)C3)ccn2)n1. The minimum Gasteiger partial charge on any atom is -0.335 e. The van der Waals surface area contributed by atoms with Crippen molar-refractivity contribution in [3.8, 4) is 0 Å². The molecule has 1 saturated heterocycles. The van der Waals surface area contributed by atoms with E-state index < -0.39 is 0 Å². The summed E-state index contributed by atoms with van der Waals surface area (Å²) in [5.41, 5.74) is 2.11. The van der Waals surface area contributed by atoms with Gasteiger partial charge in [-0.05, 0) is 55.7 Å². The third kappa shape index (κ3) is 4.14. The Morgan fingerprint density at radius 2 is 1.93 bits per heavy atom. The number of aromatic nitrogens is 4. The number of carbonyl (C=O) groups excluding carboxylic acids is 1. The van der Waals surface area contributed by atoms with Gasteiger partial charge in [0.1, 0.15) is 11.6 Å². The second kappa shape index (κ2) is 8.12. The first kappa shape index (κ1) is 18.0. The number of nitrogens with one attached hydrogen (secondary N) is 1. The number of nitrogens with zero attached hydrogens (tertiary/aromatic N) is 5. The van der Waals surface area contributed by atoms with Crippen LogP contribution in [0.25, 0.3) is 0 Å². The fourth-order valence-corrected chi connectivity index (χ4v) is 3.50. The van der Waals surface area contributed by atoms with Gasteiger partial charge >= 0.3 is 0 Å². The average molecular weight is 374 g/mol. The summed E-state index contributed by atoms with van der Waals surface area (Å²) in [6.07, 6.45) is 6.98. The minimum absolute atomic E-state index is 0.110. The molecule has 1 amide bonds. The van der Waals surface area contributed by atoms with Crippen molar-refractivity contribution in [2.24, 2.45) is 0 Å². The lowest BCUT2D eigenvalue weighted by molar-refractivity contribution is 0.0694. The Hall–Kier alpha value is -3.35. The number of aryl methyl sites for hydroxylation is 1. The third-order valence-electron chi connectivity index (χ3n) is 4.87. The van der Waals surface area contributed by atoms with E-state index in [1.54, 1.807) is 24.7 Å². The van der Waals surface area contributed by atoms with Gasteiger partial charge in [0.05, 0.1) is 0 Å². The normalized spacial score (nSPS) is 16.6. The maximum Gasteiger partial charge on any atom is 0.291 e. The molecule has 1 fully saturated rings. The molecule has 0 bridgehead atoms. The Morgan fingerprint density at radius 1 is 1.07 bits per heavy atom. The van der Waals surface area contributed by atoms with Crippen LogP contribution in [0, 0.1) is 6.92 Å². The van der Waals surface area contributed by atoms with Crippen molar-refractivity contribution < 1.29 is 4.79 Å². The van der Waals surface area contributed by atoms with Crippen LogP contribution in [0.15, 0.2) is 55.0 Å². The number of hydrogen-bond donors (Lipinski definition) is 1. The first-order chi connectivity index (χ1) is 13.7. The van der Waals surface area contributed by atoms with Crippen LogP contribution in [0.5, 0.6) is 0 Å². The Balaban J connectivity index is 1.48. The van der Waals surface area contributed by atoms with Crippen LogP contribution < -0.4 is 5.32 Å². The molecular weight excluding hydrogens is 352 g/mol. The van der Waals surface area contributed by atoms with E-state index in [1.807, 2.05) is 42.2 Å². The van der Waals surface area contributed by atoms with E-state index in [4.69, 9.17) is 0 Å². The van der Waals surface area contributed by atoms with Gasteiger partial charge in [0.15, 0.2) is 0 Å². The van der Waals surface area contributed by atoms with Gasteiger partial charge in [-0.25, -0.2) is 19.9 Å². The van der Waals surface area contributed by atoms with Gasteiger partial charge in [-0.3, -0.25) is 4.79 Å². The molecule has 0 saturated carbocycles. The van der Waals surface area contributed by atoms with Gasteiger partial charge in [0.25, 0.3) is 5.91 Å². The predicted octanol–water partition coefficient (Wildman–Crippen LogP) is 3.34.